The quantitative estimate of drug-likeness (QED) is 0.452. The number of anilines is 1. The summed E-state index contributed by atoms with van der Waals surface area (Å²) < 4.78 is 67.1. The molecule has 3 aromatic carbocycles. The number of fused-ring (bicyclic) bond motifs is 2. The minimum absolute atomic E-state index is 0.00151. The maximum atomic E-state index is 13.5. The molecule has 1 heterocycles. The first-order valence-electron chi connectivity index (χ1n) is 10.6. The molecular weight excluding hydrogens is 463 g/mol. The van der Waals surface area contributed by atoms with E-state index in [1.807, 2.05) is 13.8 Å². The Hall–Kier alpha value is -3.39. The van der Waals surface area contributed by atoms with Crippen molar-refractivity contribution in [2.75, 3.05) is 4.90 Å². The molecule has 0 N–H and O–H groups in total. The van der Waals surface area contributed by atoms with Crippen LogP contribution in [0.5, 0.6) is 0 Å². The van der Waals surface area contributed by atoms with Crippen LogP contribution in [0.4, 0.5) is 18.9 Å². The number of amides is 1. The first-order chi connectivity index (χ1) is 16.0. The number of carbonyl (C=O) groups is 1. The van der Waals surface area contributed by atoms with Crippen LogP contribution in [0.2, 0.25) is 0 Å². The molecule has 0 atom stereocenters. The molecule has 4 nitrogen and oxygen atoms in total. The third-order valence-corrected chi connectivity index (χ3v) is 7.21. The molecule has 34 heavy (non-hydrogen) atoms. The number of halogens is 3. The second-order valence-electron chi connectivity index (χ2n) is 8.37. The lowest BCUT2D eigenvalue weighted by Crippen LogP contribution is -2.40. The highest BCUT2D eigenvalue weighted by Crippen LogP contribution is 2.41. The van der Waals surface area contributed by atoms with Crippen LogP contribution in [0.25, 0.3) is 5.57 Å². The maximum Gasteiger partial charge on any atom is 0.471 e. The number of hydrogen-bond donors (Lipinski definition) is 0. The summed E-state index contributed by atoms with van der Waals surface area (Å²) in [4.78, 5) is 13.1. The first kappa shape index (κ1) is 23.8. The summed E-state index contributed by atoms with van der Waals surface area (Å²) >= 11 is 0. The Labute approximate surface area is 196 Å². The van der Waals surface area contributed by atoms with Crippen molar-refractivity contribution in [3.05, 3.63) is 100 Å². The van der Waals surface area contributed by atoms with Crippen LogP contribution in [-0.4, -0.2) is 20.5 Å². The van der Waals surface area contributed by atoms with Gasteiger partial charge in [0.05, 0.1) is 17.1 Å². The van der Waals surface area contributed by atoms with E-state index < -0.39 is 21.9 Å². The fourth-order valence-corrected chi connectivity index (χ4v) is 5.21. The van der Waals surface area contributed by atoms with Gasteiger partial charge < -0.3 is 0 Å². The molecule has 8 heteroatoms. The third kappa shape index (κ3) is 4.50. The van der Waals surface area contributed by atoms with E-state index in [1.165, 1.54) is 30.3 Å². The van der Waals surface area contributed by atoms with Crippen molar-refractivity contribution in [1.82, 2.24) is 0 Å². The summed E-state index contributed by atoms with van der Waals surface area (Å²) in [6.45, 7) is 3.59. The van der Waals surface area contributed by atoms with Crippen molar-refractivity contribution in [2.45, 2.75) is 37.4 Å². The Morgan fingerprint density at radius 3 is 2.24 bits per heavy atom. The summed E-state index contributed by atoms with van der Waals surface area (Å²) in [6, 6.07) is 19.1. The molecule has 0 saturated heterocycles. The molecule has 0 radical (unpaired) electrons. The van der Waals surface area contributed by atoms with Gasteiger partial charge in [-0.3, -0.25) is 9.69 Å². The van der Waals surface area contributed by atoms with Crippen LogP contribution in [0, 0.1) is 0 Å². The predicted molar refractivity (Wildman–Crippen MR) is 125 cm³/mol. The number of rotatable bonds is 3. The molecule has 0 fully saturated rings. The van der Waals surface area contributed by atoms with Crippen molar-refractivity contribution >= 4 is 27.0 Å². The number of sulfone groups is 1. The summed E-state index contributed by atoms with van der Waals surface area (Å²) in [6.07, 6.45) is -5.09. The van der Waals surface area contributed by atoms with Crippen LogP contribution in [0.3, 0.4) is 0 Å². The van der Waals surface area contributed by atoms with E-state index in [0.29, 0.717) is 16.0 Å². The molecule has 4 rings (SSSR count). The van der Waals surface area contributed by atoms with Gasteiger partial charge in [0.25, 0.3) is 0 Å². The molecule has 0 aliphatic carbocycles. The van der Waals surface area contributed by atoms with Gasteiger partial charge in [-0.25, -0.2) is 8.42 Å². The van der Waals surface area contributed by atoms with E-state index in [0.717, 1.165) is 11.0 Å². The minimum atomic E-state index is -5.09. The van der Waals surface area contributed by atoms with Gasteiger partial charge in [0.1, 0.15) is 0 Å². The van der Waals surface area contributed by atoms with Crippen molar-refractivity contribution in [1.29, 1.82) is 0 Å². The smallest absolute Gasteiger partial charge is 0.300 e. The van der Waals surface area contributed by atoms with E-state index in [2.05, 4.69) is 0 Å². The fraction of sp³-hybridized carbons (Fsp3) is 0.192. The lowest BCUT2D eigenvalue weighted by Gasteiger charge is -2.24. The molecule has 0 spiro atoms. The predicted octanol–water partition coefficient (Wildman–Crippen LogP) is 6.08. The topological polar surface area (TPSA) is 54.5 Å². The molecule has 176 valence electrons. The lowest BCUT2D eigenvalue weighted by molar-refractivity contribution is -0.170. The van der Waals surface area contributed by atoms with Crippen LogP contribution >= 0.6 is 0 Å². The van der Waals surface area contributed by atoms with E-state index in [-0.39, 0.29) is 34.2 Å². The number of para-hydroxylation sites is 1. The maximum absolute atomic E-state index is 13.5. The number of carbonyl (C=O) groups excluding carboxylic acids is 1. The van der Waals surface area contributed by atoms with E-state index in [9.17, 15) is 26.4 Å². The monoisotopic (exact) mass is 485 g/mol. The fourth-order valence-electron chi connectivity index (χ4n) is 3.97. The Morgan fingerprint density at radius 1 is 0.941 bits per heavy atom. The van der Waals surface area contributed by atoms with E-state index >= 15 is 0 Å². The average molecular weight is 486 g/mol. The first-order valence-corrected chi connectivity index (χ1v) is 12.2. The molecule has 0 bridgehead atoms. The van der Waals surface area contributed by atoms with Gasteiger partial charge in [0.2, 0.25) is 0 Å². The van der Waals surface area contributed by atoms with Gasteiger partial charge in [-0.1, -0.05) is 68.4 Å². The van der Waals surface area contributed by atoms with Crippen LogP contribution in [-0.2, 0) is 21.2 Å². The molecular formula is C26H22F3NO3S. The highest BCUT2D eigenvalue weighted by Gasteiger charge is 2.44. The van der Waals surface area contributed by atoms with Gasteiger partial charge in [0.15, 0.2) is 9.84 Å². The number of hydrogen-bond acceptors (Lipinski definition) is 3. The van der Waals surface area contributed by atoms with Crippen LogP contribution in [0.15, 0.2) is 83.1 Å². The molecule has 0 aromatic heterocycles. The highest BCUT2D eigenvalue weighted by atomic mass is 32.2. The Balaban J connectivity index is 2.04. The van der Waals surface area contributed by atoms with E-state index in [4.69, 9.17) is 0 Å². The second kappa shape index (κ2) is 8.76. The number of nitrogens with zero attached hydrogens (tertiary/aromatic N) is 1. The number of alkyl halides is 3. The highest BCUT2D eigenvalue weighted by molar-refractivity contribution is 7.94. The standard InChI is InChI=1S/C26H22F3NO3S/c1-17(2)18-12-13-19-15-30(25(31)26(27,28)29)24-11-7-6-10-21(24)23(22(19)14-18)16-34(32,33)20-8-4-3-5-9-20/h3-14,16-17H,15H2,1-2H3/b23-16+. The van der Waals surface area contributed by atoms with E-state index in [1.54, 1.807) is 42.5 Å². The zero-order valence-corrected chi connectivity index (χ0v) is 19.3. The second-order valence-corrected chi connectivity index (χ2v) is 10.2. The van der Waals surface area contributed by atoms with Gasteiger partial charge in [-0.15, -0.1) is 0 Å². The molecule has 0 saturated carbocycles. The Kier molecular flexibility index (Phi) is 6.12. The molecule has 3 aromatic rings. The van der Waals surface area contributed by atoms with Crippen LogP contribution in [0.1, 0.15) is 42.0 Å². The SMILES string of the molecule is CC(C)c1ccc2c(c1)/C(=C/S(=O)(=O)c1ccccc1)c1ccccc1N(C(=O)C(F)(F)F)C2. The summed E-state index contributed by atoms with van der Waals surface area (Å²) in [5.74, 6) is -1.91. The molecule has 1 amide bonds. The molecule has 0 unspecified atom stereocenters. The van der Waals surface area contributed by atoms with Crippen molar-refractivity contribution in [3.63, 3.8) is 0 Å². The Morgan fingerprint density at radius 2 is 1.59 bits per heavy atom. The molecule has 1 aliphatic rings. The zero-order valence-electron chi connectivity index (χ0n) is 18.5. The van der Waals surface area contributed by atoms with Crippen LogP contribution < -0.4 is 4.90 Å². The zero-order chi connectivity index (χ0) is 24.7. The summed E-state index contributed by atoms with van der Waals surface area (Å²) in [5.41, 5.74) is 2.29. The summed E-state index contributed by atoms with van der Waals surface area (Å²) in [5, 5.41) is 1.09. The lowest BCUT2D eigenvalue weighted by atomic mass is 9.91. The minimum Gasteiger partial charge on any atom is -0.300 e. The summed E-state index contributed by atoms with van der Waals surface area (Å²) in [7, 11) is -3.95. The third-order valence-electron chi connectivity index (χ3n) is 5.74. The average Bonchev–Trinajstić information content (AvgIpc) is 2.93. The normalized spacial score (nSPS) is 15.1. The number of benzene rings is 3. The van der Waals surface area contributed by atoms with Gasteiger partial charge in [-0.2, -0.15) is 13.2 Å². The van der Waals surface area contributed by atoms with Crippen molar-refractivity contribution in [2.24, 2.45) is 0 Å². The van der Waals surface area contributed by atoms with Gasteiger partial charge >= 0.3 is 12.1 Å². The van der Waals surface area contributed by atoms with Crippen molar-refractivity contribution in [3.8, 4) is 0 Å². The largest absolute Gasteiger partial charge is 0.471 e. The Bertz CT molecular complexity index is 1380. The van der Waals surface area contributed by atoms with Gasteiger partial charge in [-0.05, 0) is 40.8 Å². The molecule has 1 aliphatic heterocycles. The van der Waals surface area contributed by atoms with Crippen molar-refractivity contribution < 1.29 is 26.4 Å². The van der Waals surface area contributed by atoms with Gasteiger partial charge in [0, 0.05) is 16.5 Å².